The van der Waals surface area contributed by atoms with Crippen LogP contribution in [0.3, 0.4) is 0 Å². The van der Waals surface area contributed by atoms with E-state index in [4.69, 9.17) is 4.98 Å². The molecule has 1 aromatic carbocycles. The van der Waals surface area contributed by atoms with Gasteiger partial charge in [-0.2, -0.15) is 11.3 Å². The van der Waals surface area contributed by atoms with Gasteiger partial charge in [-0.15, -0.1) is 21.5 Å². The molecule has 0 amide bonds. The Morgan fingerprint density at radius 3 is 2.77 bits per heavy atom. The zero-order valence-electron chi connectivity index (χ0n) is 17.2. The number of rotatable bonds is 4. The first-order valence-electron chi connectivity index (χ1n) is 10.5. The summed E-state index contributed by atoms with van der Waals surface area (Å²) in [6.07, 6.45) is 0. The molecular formula is C23H22N6S2. The van der Waals surface area contributed by atoms with Crippen LogP contribution in [0, 0.1) is 0 Å². The summed E-state index contributed by atoms with van der Waals surface area (Å²) in [6.45, 7) is 6.17. The number of anilines is 1. The zero-order chi connectivity index (χ0) is 20.8. The minimum absolute atomic E-state index is 0.429. The van der Waals surface area contributed by atoms with Gasteiger partial charge in [-0.1, -0.05) is 18.2 Å². The molecule has 0 aliphatic carbocycles. The highest BCUT2D eigenvalue weighted by Crippen LogP contribution is 2.31. The minimum atomic E-state index is 0.429. The maximum absolute atomic E-state index is 5.10. The van der Waals surface area contributed by atoms with Gasteiger partial charge in [0.05, 0.1) is 10.4 Å². The quantitative estimate of drug-likeness (QED) is 0.398. The van der Waals surface area contributed by atoms with Gasteiger partial charge in [0, 0.05) is 37.6 Å². The summed E-state index contributed by atoms with van der Waals surface area (Å²) in [5.74, 6) is 1.80. The second-order valence-electron chi connectivity index (χ2n) is 7.99. The lowest BCUT2D eigenvalue weighted by Gasteiger charge is -2.40. The van der Waals surface area contributed by atoms with Gasteiger partial charge in [0.15, 0.2) is 11.5 Å². The lowest BCUT2D eigenvalue weighted by Crippen LogP contribution is -2.52. The highest BCUT2D eigenvalue weighted by Gasteiger charge is 2.28. The van der Waals surface area contributed by atoms with Gasteiger partial charge >= 0.3 is 0 Å². The Morgan fingerprint density at radius 1 is 1.03 bits per heavy atom. The number of aromatic nitrogens is 4. The Bertz CT molecular complexity index is 1330. The molecule has 1 saturated heterocycles. The van der Waals surface area contributed by atoms with Gasteiger partial charge in [-0.05, 0) is 52.9 Å². The third kappa shape index (κ3) is 3.31. The molecule has 5 aromatic rings. The van der Waals surface area contributed by atoms with Crippen LogP contribution in [-0.2, 0) is 6.54 Å². The monoisotopic (exact) mass is 446 g/mol. The number of thiophene rings is 2. The van der Waals surface area contributed by atoms with E-state index in [-0.39, 0.29) is 0 Å². The van der Waals surface area contributed by atoms with Crippen LogP contribution < -0.4 is 4.90 Å². The predicted octanol–water partition coefficient (Wildman–Crippen LogP) is 4.78. The summed E-state index contributed by atoms with van der Waals surface area (Å²) in [7, 11) is 0. The van der Waals surface area contributed by atoms with E-state index in [1.54, 1.807) is 22.7 Å². The average molecular weight is 447 g/mol. The van der Waals surface area contributed by atoms with Crippen LogP contribution in [0.25, 0.3) is 27.3 Å². The highest BCUT2D eigenvalue weighted by molar-refractivity contribution is 7.13. The predicted molar refractivity (Wildman–Crippen MR) is 128 cm³/mol. The van der Waals surface area contributed by atoms with Crippen molar-refractivity contribution in [3.63, 3.8) is 0 Å². The van der Waals surface area contributed by atoms with E-state index in [9.17, 15) is 0 Å². The molecular weight excluding hydrogens is 424 g/mol. The second-order valence-corrected chi connectivity index (χ2v) is 9.71. The Morgan fingerprint density at radius 2 is 1.97 bits per heavy atom. The Hall–Kier alpha value is -2.81. The Kier molecular flexibility index (Phi) is 4.70. The highest BCUT2D eigenvalue weighted by atomic mass is 32.1. The number of hydrogen-bond donors (Lipinski definition) is 0. The molecule has 1 aliphatic heterocycles. The first-order valence-corrected chi connectivity index (χ1v) is 12.3. The number of nitrogens with zero attached hydrogens (tertiary/aromatic N) is 6. The first-order chi connectivity index (χ1) is 15.3. The lowest BCUT2D eigenvalue weighted by atomic mass is 10.1. The maximum atomic E-state index is 5.10. The van der Waals surface area contributed by atoms with Crippen molar-refractivity contribution in [1.29, 1.82) is 0 Å². The van der Waals surface area contributed by atoms with Crippen LogP contribution in [0.2, 0.25) is 0 Å². The summed E-state index contributed by atoms with van der Waals surface area (Å²) in [4.78, 5) is 11.2. The lowest BCUT2D eigenvalue weighted by molar-refractivity contribution is 0.180. The van der Waals surface area contributed by atoms with Gasteiger partial charge < -0.3 is 4.90 Å². The molecule has 0 saturated carbocycles. The summed E-state index contributed by atoms with van der Waals surface area (Å²) in [5.41, 5.74) is 3.23. The van der Waals surface area contributed by atoms with Crippen molar-refractivity contribution in [2.24, 2.45) is 0 Å². The SMILES string of the molecule is C[C@@H]1CN(c2nc3ccccc3c3nnc(-c4cccs4)n23)CCN1Cc1ccsc1. The molecule has 31 heavy (non-hydrogen) atoms. The molecule has 4 aromatic heterocycles. The topological polar surface area (TPSA) is 49.6 Å². The number of para-hydroxylation sites is 1. The van der Waals surface area contributed by atoms with Crippen LogP contribution in [0.15, 0.2) is 58.6 Å². The van der Waals surface area contributed by atoms with E-state index in [1.165, 1.54) is 5.56 Å². The largest absolute Gasteiger partial charge is 0.339 e. The minimum Gasteiger partial charge on any atom is -0.339 e. The fourth-order valence-corrected chi connectivity index (χ4v) is 5.73. The summed E-state index contributed by atoms with van der Waals surface area (Å²) in [6, 6.07) is 15.0. The van der Waals surface area contributed by atoms with Gasteiger partial charge in [-0.3, -0.25) is 4.90 Å². The Balaban J connectivity index is 1.42. The van der Waals surface area contributed by atoms with Crippen molar-refractivity contribution in [2.45, 2.75) is 19.5 Å². The summed E-state index contributed by atoms with van der Waals surface area (Å²) in [5, 5.41) is 16.7. The van der Waals surface area contributed by atoms with Crippen molar-refractivity contribution in [3.8, 4) is 10.7 Å². The number of hydrogen-bond acceptors (Lipinski definition) is 7. The van der Waals surface area contributed by atoms with E-state index >= 15 is 0 Å². The molecule has 0 N–H and O–H groups in total. The average Bonchev–Trinajstić information content (AvgIpc) is 3.56. The first kappa shape index (κ1) is 18.9. The van der Waals surface area contributed by atoms with E-state index < -0.39 is 0 Å². The second kappa shape index (κ2) is 7.71. The molecule has 5 heterocycles. The number of fused-ring (bicyclic) bond motifs is 3. The van der Waals surface area contributed by atoms with E-state index in [1.807, 2.05) is 12.1 Å². The summed E-state index contributed by atoms with van der Waals surface area (Å²) < 4.78 is 2.15. The molecule has 8 heteroatoms. The van der Waals surface area contributed by atoms with Gasteiger partial charge in [0.2, 0.25) is 5.95 Å². The maximum Gasteiger partial charge on any atom is 0.213 e. The third-order valence-electron chi connectivity index (χ3n) is 5.98. The molecule has 0 unspecified atom stereocenters. The molecule has 1 atom stereocenters. The molecule has 6 nitrogen and oxygen atoms in total. The molecule has 1 fully saturated rings. The van der Waals surface area contributed by atoms with E-state index in [0.29, 0.717) is 6.04 Å². The van der Waals surface area contributed by atoms with Crippen molar-refractivity contribution in [1.82, 2.24) is 24.5 Å². The van der Waals surface area contributed by atoms with Crippen LogP contribution in [0.1, 0.15) is 12.5 Å². The van der Waals surface area contributed by atoms with Gasteiger partial charge in [-0.25, -0.2) is 9.38 Å². The van der Waals surface area contributed by atoms with Crippen LogP contribution in [-0.4, -0.2) is 50.2 Å². The number of benzene rings is 1. The van der Waals surface area contributed by atoms with Crippen molar-refractivity contribution >= 4 is 45.2 Å². The standard InChI is InChI=1S/C23H22N6S2/c1-16-13-28(10-9-27(16)14-17-8-12-30-15-17)23-24-19-6-3-2-5-18(19)21-25-26-22(29(21)23)20-7-4-11-31-20/h2-8,11-12,15-16H,9-10,13-14H2,1H3/t16-/m1/s1. The van der Waals surface area contributed by atoms with Crippen LogP contribution in [0.5, 0.6) is 0 Å². The van der Waals surface area contributed by atoms with E-state index in [0.717, 1.165) is 59.4 Å². The third-order valence-corrected chi connectivity index (χ3v) is 7.58. The van der Waals surface area contributed by atoms with Crippen LogP contribution in [0.4, 0.5) is 5.95 Å². The molecule has 0 bridgehead atoms. The van der Waals surface area contributed by atoms with Crippen molar-refractivity contribution < 1.29 is 0 Å². The smallest absolute Gasteiger partial charge is 0.213 e. The normalized spacial score (nSPS) is 17.7. The zero-order valence-corrected chi connectivity index (χ0v) is 18.8. The molecule has 156 valence electrons. The molecule has 0 radical (unpaired) electrons. The molecule has 6 rings (SSSR count). The van der Waals surface area contributed by atoms with Crippen molar-refractivity contribution in [2.75, 3.05) is 24.5 Å². The Labute approximate surface area is 188 Å². The van der Waals surface area contributed by atoms with Gasteiger partial charge in [0.25, 0.3) is 0 Å². The fourth-order valence-electron chi connectivity index (χ4n) is 4.37. The van der Waals surface area contributed by atoms with E-state index in [2.05, 4.69) is 77.8 Å². The van der Waals surface area contributed by atoms with Crippen molar-refractivity contribution in [3.05, 3.63) is 64.2 Å². The summed E-state index contributed by atoms with van der Waals surface area (Å²) >= 11 is 3.45. The molecule has 0 spiro atoms. The molecule has 1 aliphatic rings. The van der Waals surface area contributed by atoms with Gasteiger partial charge in [0.1, 0.15) is 0 Å². The number of piperazine rings is 1. The van der Waals surface area contributed by atoms with Crippen LogP contribution >= 0.6 is 22.7 Å². The fraction of sp³-hybridized carbons (Fsp3) is 0.261.